The smallest absolute Gasteiger partial charge is 0.313 e. The number of hydrogen-bond acceptors (Lipinski definition) is 4. The molecule has 1 aromatic heterocycles. The van der Waals surface area contributed by atoms with Gasteiger partial charge in [-0.3, -0.25) is 4.79 Å². The Morgan fingerprint density at radius 2 is 2.00 bits per heavy atom. The molecule has 1 fully saturated rings. The highest BCUT2D eigenvalue weighted by molar-refractivity contribution is 7.99. The number of hydrogen-bond donors (Lipinski definition) is 2. The molecule has 0 bridgehead atoms. The van der Waals surface area contributed by atoms with E-state index in [9.17, 15) is 9.90 Å². The Morgan fingerprint density at radius 3 is 2.65 bits per heavy atom. The number of aliphatic hydroxyl groups excluding tert-OH is 1. The molecular formula is C18H22Cl3NO3S. The van der Waals surface area contributed by atoms with Gasteiger partial charge < -0.3 is 10.2 Å². The van der Waals surface area contributed by atoms with Crippen LogP contribution >= 0.6 is 46.6 Å². The monoisotopic (exact) mass is 437 g/mol. The number of thioether (sulfide) groups is 1. The number of pyridine rings is 1. The van der Waals surface area contributed by atoms with Crippen molar-refractivity contribution in [1.29, 1.82) is 0 Å². The Morgan fingerprint density at radius 1 is 1.31 bits per heavy atom. The molecular weight excluding hydrogens is 417 g/mol. The number of alkyl halides is 1. The van der Waals surface area contributed by atoms with Gasteiger partial charge in [0.2, 0.25) is 0 Å². The second-order valence-corrected chi connectivity index (χ2v) is 8.85. The number of carbonyl (C=O) groups is 1. The predicted octanol–water partition coefficient (Wildman–Crippen LogP) is 4.99. The van der Waals surface area contributed by atoms with Crippen molar-refractivity contribution in [2.45, 2.75) is 37.2 Å². The highest BCUT2D eigenvalue weighted by Gasteiger charge is 2.39. The largest absolute Gasteiger partial charge is 0.481 e. The number of rotatable bonds is 9. The van der Waals surface area contributed by atoms with E-state index in [0.29, 0.717) is 16.7 Å². The molecule has 0 spiro atoms. The molecule has 8 heteroatoms. The molecule has 1 aliphatic carbocycles. The van der Waals surface area contributed by atoms with Crippen molar-refractivity contribution in [3.8, 4) is 0 Å². The lowest BCUT2D eigenvalue weighted by Gasteiger charge is -2.20. The molecule has 26 heavy (non-hydrogen) atoms. The molecule has 4 nitrogen and oxygen atoms in total. The number of aliphatic hydroxyl groups is 1. The summed E-state index contributed by atoms with van der Waals surface area (Å²) in [6, 6.07) is 3.44. The molecule has 0 saturated heterocycles. The predicted molar refractivity (Wildman–Crippen MR) is 109 cm³/mol. The first kappa shape index (κ1) is 21.8. The van der Waals surface area contributed by atoms with E-state index in [1.807, 2.05) is 12.2 Å². The average Bonchev–Trinajstić information content (AvgIpc) is 2.81. The summed E-state index contributed by atoms with van der Waals surface area (Å²) in [7, 11) is 0. The van der Waals surface area contributed by atoms with Gasteiger partial charge in [0.15, 0.2) is 0 Å². The first-order valence-corrected chi connectivity index (χ1v) is 10.8. The number of unbranched alkanes of at least 4 members (excludes halogenated alkanes) is 1. The van der Waals surface area contributed by atoms with Crippen molar-refractivity contribution in [1.82, 2.24) is 4.98 Å². The molecule has 2 rings (SSSR count). The van der Waals surface area contributed by atoms with Gasteiger partial charge in [0.05, 0.1) is 11.9 Å². The molecule has 0 amide bonds. The first-order valence-electron chi connectivity index (χ1n) is 8.50. The van der Waals surface area contributed by atoms with Crippen molar-refractivity contribution >= 4 is 58.6 Å². The van der Waals surface area contributed by atoms with E-state index in [-0.39, 0.29) is 23.0 Å². The van der Waals surface area contributed by atoms with E-state index >= 15 is 0 Å². The van der Waals surface area contributed by atoms with Crippen LogP contribution in [-0.2, 0) is 4.79 Å². The summed E-state index contributed by atoms with van der Waals surface area (Å²) in [4.78, 5) is 14.4. The number of aliphatic carboxylic acids is 1. The lowest BCUT2D eigenvalue weighted by molar-refractivity contribution is -0.133. The van der Waals surface area contributed by atoms with Gasteiger partial charge in [-0.15, -0.1) is 11.6 Å². The zero-order valence-electron chi connectivity index (χ0n) is 14.2. The third-order valence-electron chi connectivity index (χ3n) is 4.47. The zero-order valence-corrected chi connectivity index (χ0v) is 17.2. The van der Waals surface area contributed by atoms with Crippen LogP contribution in [0.3, 0.4) is 0 Å². The summed E-state index contributed by atoms with van der Waals surface area (Å²) in [6.45, 7) is 0. The van der Waals surface area contributed by atoms with Crippen LogP contribution in [0.25, 0.3) is 6.08 Å². The van der Waals surface area contributed by atoms with E-state index in [4.69, 9.17) is 39.9 Å². The molecule has 1 aliphatic rings. The molecule has 4 atom stereocenters. The molecule has 0 radical (unpaired) electrons. The standard InChI is InChI=1S/C18H22Cl3NO3S/c19-14-9-15(23)13(5-4-11-7-16(20)22-17(21)8-11)12(14)3-1-2-6-26-10-18(24)25/h4-5,7-8,12-15,23H,1-3,6,9-10H2,(H,24,25)/b5-4-/t12-,13-,14-,15-/m1/s1. The van der Waals surface area contributed by atoms with Crippen LogP contribution in [0.1, 0.15) is 31.2 Å². The van der Waals surface area contributed by atoms with Crippen molar-refractivity contribution in [2.75, 3.05) is 11.5 Å². The summed E-state index contributed by atoms with van der Waals surface area (Å²) in [6.07, 6.45) is 6.81. The fourth-order valence-corrected chi connectivity index (χ4v) is 4.96. The molecule has 0 unspecified atom stereocenters. The summed E-state index contributed by atoms with van der Waals surface area (Å²) >= 11 is 19.7. The van der Waals surface area contributed by atoms with Crippen molar-refractivity contribution < 1.29 is 15.0 Å². The van der Waals surface area contributed by atoms with Crippen LogP contribution in [0.15, 0.2) is 18.2 Å². The Balaban J connectivity index is 1.90. The van der Waals surface area contributed by atoms with Gasteiger partial charge >= 0.3 is 5.97 Å². The summed E-state index contributed by atoms with van der Waals surface area (Å²) < 4.78 is 0. The maximum atomic E-state index is 10.5. The molecule has 1 aromatic rings. The average molecular weight is 439 g/mol. The van der Waals surface area contributed by atoms with Gasteiger partial charge in [0.25, 0.3) is 0 Å². The Hall–Kier alpha value is -0.460. The van der Waals surface area contributed by atoms with Crippen molar-refractivity contribution in [2.24, 2.45) is 11.8 Å². The Bertz CT molecular complexity index is 624. The van der Waals surface area contributed by atoms with Gasteiger partial charge in [0, 0.05) is 11.3 Å². The van der Waals surface area contributed by atoms with Crippen LogP contribution in [-0.4, -0.2) is 44.2 Å². The Labute approximate surface area is 172 Å². The molecule has 2 N–H and O–H groups in total. The SMILES string of the molecule is O=C(O)CSCCCC[C@@H]1[C@@H](/C=C\c2cc(Cl)nc(Cl)c2)[C@H](O)C[C@H]1Cl. The van der Waals surface area contributed by atoms with E-state index in [1.165, 1.54) is 11.8 Å². The van der Waals surface area contributed by atoms with E-state index < -0.39 is 12.1 Å². The lowest BCUT2D eigenvalue weighted by Crippen LogP contribution is -2.18. The van der Waals surface area contributed by atoms with E-state index in [1.54, 1.807) is 12.1 Å². The number of carboxylic acids is 1. The van der Waals surface area contributed by atoms with Crippen LogP contribution in [0.4, 0.5) is 0 Å². The highest BCUT2D eigenvalue weighted by Crippen LogP contribution is 2.40. The lowest BCUT2D eigenvalue weighted by atomic mass is 9.89. The van der Waals surface area contributed by atoms with Gasteiger partial charge in [0.1, 0.15) is 10.3 Å². The maximum absolute atomic E-state index is 10.5. The zero-order chi connectivity index (χ0) is 19.1. The van der Waals surface area contributed by atoms with Crippen molar-refractivity contribution in [3.05, 3.63) is 34.1 Å². The van der Waals surface area contributed by atoms with Gasteiger partial charge in [-0.2, -0.15) is 11.8 Å². The topological polar surface area (TPSA) is 70.4 Å². The fraction of sp³-hybridized carbons (Fsp3) is 0.556. The van der Waals surface area contributed by atoms with Gasteiger partial charge in [-0.1, -0.05) is 41.8 Å². The second-order valence-electron chi connectivity index (χ2n) is 6.41. The molecule has 1 saturated carbocycles. The molecule has 0 aliphatic heterocycles. The Kier molecular flexibility index (Phi) is 9.04. The third-order valence-corrected chi connectivity index (χ3v) is 6.39. The minimum Gasteiger partial charge on any atom is -0.481 e. The first-order chi connectivity index (χ1) is 12.4. The van der Waals surface area contributed by atoms with E-state index in [2.05, 4.69) is 4.98 Å². The summed E-state index contributed by atoms with van der Waals surface area (Å²) in [5, 5.41) is 19.6. The van der Waals surface area contributed by atoms with Crippen LogP contribution < -0.4 is 0 Å². The molecule has 144 valence electrons. The molecule has 0 aromatic carbocycles. The van der Waals surface area contributed by atoms with Gasteiger partial charge in [-0.05, 0) is 48.6 Å². The maximum Gasteiger partial charge on any atom is 0.313 e. The number of halogens is 3. The summed E-state index contributed by atoms with van der Waals surface area (Å²) in [5.74, 6) is 0.359. The van der Waals surface area contributed by atoms with Gasteiger partial charge in [-0.25, -0.2) is 4.98 Å². The van der Waals surface area contributed by atoms with Crippen LogP contribution in [0.2, 0.25) is 10.3 Å². The third kappa shape index (κ3) is 6.93. The quantitative estimate of drug-likeness (QED) is 0.323. The highest BCUT2D eigenvalue weighted by atomic mass is 35.5. The van der Waals surface area contributed by atoms with E-state index in [0.717, 1.165) is 30.6 Å². The van der Waals surface area contributed by atoms with Crippen molar-refractivity contribution in [3.63, 3.8) is 0 Å². The van der Waals surface area contributed by atoms with Crippen LogP contribution in [0, 0.1) is 11.8 Å². The number of aromatic nitrogens is 1. The number of carboxylic acid groups (broad SMARTS) is 1. The molecule has 1 heterocycles. The van der Waals surface area contributed by atoms with Crippen LogP contribution in [0.5, 0.6) is 0 Å². The normalized spacial score (nSPS) is 25.8. The fourth-order valence-electron chi connectivity index (χ4n) is 3.28. The minimum absolute atomic E-state index is 0.0186. The second kappa shape index (κ2) is 10.8. The minimum atomic E-state index is -0.781. The number of nitrogens with zero attached hydrogens (tertiary/aromatic N) is 1. The summed E-state index contributed by atoms with van der Waals surface area (Å²) in [5.41, 5.74) is 0.837.